The molecule has 200 valence electrons. The van der Waals surface area contributed by atoms with Gasteiger partial charge in [-0.05, 0) is 47.9 Å². The number of pyridine rings is 1. The van der Waals surface area contributed by atoms with Crippen molar-refractivity contribution in [3.05, 3.63) is 52.3 Å². The third kappa shape index (κ3) is 7.04. The van der Waals surface area contributed by atoms with E-state index in [0.717, 1.165) is 68.9 Å². The maximum atomic E-state index is 13.4. The Morgan fingerprint density at radius 3 is 2.27 bits per heavy atom. The molecular formula is C29H38Cl2N4O2. The van der Waals surface area contributed by atoms with Gasteiger partial charge in [0.2, 0.25) is 11.8 Å². The number of rotatable bonds is 5. The highest BCUT2D eigenvalue weighted by Crippen LogP contribution is 2.31. The predicted octanol–water partition coefficient (Wildman–Crippen LogP) is 5.76. The van der Waals surface area contributed by atoms with Crippen molar-refractivity contribution >= 4 is 35.0 Å². The number of piperazine rings is 1. The highest BCUT2D eigenvalue weighted by Gasteiger charge is 2.38. The minimum absolute atomic E-state index is 0.0303. The van der Waals surface area contributed by atoms with Crippen LogP contribution in [0.15, 0.2) is 36.5 Å². The van der Waals surface area contributed by atoms with E-state index >= 15 is 0 Å². The highest BCUT2D eigenvalue weighted by atomic mass is 35.5. The molecule has 0 radical (unpaired) electrons. The van der Waals surface area contributed by atoms with Crippen molar-refractivity contribution in [1.82, 2.24) is 19.7 Å². The van der Waals surface area contributed by atoms with Crippen LogP contribution in [0.25, 0.3) is 11.1 Å². The Morgan fingerprint density at radius 2 is 1.68 bits per heavy atom. The lowest BCUT2D eigenvalue weighted by Gasteiger charge is -2.47. The number of carbonyl (C=O) groups excluding carboxylic acids is 2. The van der Waals surface area contributed by atoms with Crippen LogP contribution in [0.4, 0.5) is 0 Å². The van der Waals surface area contributed by atoms with Gasteiger partial charge in [-0.3, -0.25) is 19.5 Å². The Bertz CT molecular complexity index is 1110. The zero-order valence-corrected chi connectivity index (χ0v) is 23.9. The van der Waals surface area contributed by atoms with Crippen LogP contribution in [-0.4, -0.2) is 70.3 Å². The normalized spacial score (nSPS) is 19.8. The fraction of sp³-hybridized carbons (Fsp3) is 0.552. The van der Waals surface area contributed by atoms with E-state index in [0.29, 0.717) is 22.4 Å². The Hall–Kier alpha value is -2.15. The first-order valence-corrected chi connectivity index (χ1v) is 13.9. The molecule has 3 heterocycles. The van der Waals surface area contributed by atoms with E-state index in [-0.39, 0.29) is 23.3 Å². The smallest absolute Gasteiger partial charge is 0.223 e. The number of piperidine rings is 1. The first kappa shape index (κ1) is 27.9. The third-order valence-corrected chi connectivity index (χ3v) is 8.51. The van der Waals surface area contributed by atoms with Crippen molar-refractivity contribution in [3.63, 3.8) is 0 Å². The van der Waals surface area contributed by atoms with E-state index in [1.807, 2.05) is 23.2 Å². The van der Waals surface area contributed by atoms with Crippen LogP contribution >= 0.6 is 23.2 Å². The molecular weight excluding hydrogens is 507 g/mol. The van der Waals surface area contributed by atoms with Crippen molar-refractivity contribution in [2.24, 2.45) is 11.3 Å². The van der Waals surface area contributed by atoms with E-state index in [1.165, 1.54) is 0 Å². The summed E-state index contributed by atoms with van der Waals surface area (Å²) in [5.41, 5.74) is 2.96. The zero-order chi connectivity index (χ0) is 26.7. The van der Waals surface area contributed by atoms with Crippen LogP contribution in [-0.2, 0) is 16.1 Å². The number of likely N-dealkylation sites (tertiary alicyclic amines) is 1. The van der Waals surface area contributed by atoms with Crippen molar-refractivity contribution in [3.8, 4) is 11.1 Å². The number of halogens is 2. The van der Waals surface area contributed by atoms with Crippen LogP contribution in [0.2, 0.25) is 10.0 Å². The Labute approximate surface area is 230 Å². The minimum atomic E-state index is -0.0303. The van der Waals surface area contributed by atoms with Gasteiger partial charge in [-0.25, -0.2) is 0 Å². The summed E-state index contributed by atoms with van der Waals surface area (Å²) >= 11 is 12.2. The number of amides is 2. The van der Waals surface area contributed by atoms with Gasteiger partial charge in [0.15, 0.2) is 0 Å². The molecule has 0 saturated carbocycles. The average molecular weight is 546 g/mol. The molecule has 2 aromatic rings. The molecule has 0 N–H and O–H groups in total. The van der Waals surface area contributed by atoms with Gasteiger partial charge in [-0.2, -0.15) is 0 Å². The van der Waals surface area contributed by atoms with E-state index in [9.17, 15) is 9.59 Å². The molecule has 0 aliphatic carbocycles. The van der Waals surface area contributed by atoms with Crippen LogP contribution in [0.5, 0.6) is 0 Å². The maximum absolute atomic E-state index is 13.4. The molecule has 37 heavy (non-hydrogen) atoms. The third-order valence-electron chi connectivity index (χ3n) is 7.77. The van der Waals surface area contributed by atoms with Gasteiger partial charge in [-0.15, -0.1) is 0 Å². The summed E-state index contributed by atoms with van der Waals surface area (Å²) in [5, 5.41) is 1.07. The molecule has 1 unspecified atom stereocenters. The first-order valence-electron chi connectivity index (χ1n) is 13.2. The SMILES string of the molecule is CC(=O)N1CCC(CC(=O)N2CCN(Cc3ccc(-c4ccc(Cl)c(Cl)c4)cn3)CC2C(C)(C)C)CC1. The molecule has 1 aromatic carbocycles. The Kier molecular flexibility index (Phi) is 8.82. The lowest BCUT2D eigenvalue weighted by Crippen LogP contribution is -2.59. The summed E-state index contributed by atoms with van der Waals surface area (Å²) in [5.74, 6) is 0.747. The average Bonchev–Trinajstić information content (AvgIpc) is 2.86. The van der Waals surface area contributed by atoms with Gasteiger partial charge >= 0.3 is 0 Å². The van der Waals surface area contributed by atoms with Gasteiger partial charge in [0.1, 0.15) is 0 Å². The number of hydrogen-bond donors (Lipinski definition) is 0. The van der Waals surface area contributed by atoms with Crippen LogP contribution in [0.3, 0.4) is 0 Å². The van der Waals surface area contributed by atoms with Gasteiger partial charge in [0.25, 0.3) is 0 Å². The lowest BCUT2D eigenvalue weighted by atomic mass is 9.83. The molecule has 4 rings (SSSR count). The van der Waals surface area contributed by atoms with Crippen molar-refractivity contribution < 1.29 is 9.59 Å². The number of nitrogens with zero attached hydrogens (tertiary/aromatic N) is 4. The van der Waals surface area contributed by atoms with E-state index in [4.69, 9.17) is 28.2 Å². The van der Waals surface area contributed by atoms with Gasteiger partial charge in [-0.1, -0.05) is 56.1 Å². The van der Waals surface area contributed by atoms with Crippen LogP contribution in [0, 0.1) is 11.3 Å². The fourth-order valence-corrected chi connectivity index (χ4v) is 5.73. The van der Waals surface area contributed by atoms with E-state index in [1.54, 1.807) is 13.0 Å². The zero-order valence-electron chi connectivity index (χ0n) is 22.3. The van der Waals surface area contributed by atoms with Crippen LogP contribution in [0.1, 0.15) is 52.7 Å². The molecule has 2 aliphatic heterocycles. The van der Waals surface area contributed by atoms with E-state index < -0.39 is 0 Å². The second kappa shape index (κ2) is 11.7. The molecule has 1 aromatic heterocycles. The summed E-state index contributed by atoms with van der Waals surface area (Å²) < 4.78 is 0. The van der Waals surface area contributed by atoms with Gasteiger partial charge in [0, 0.05) is 70.4 Å². The topological polar surface area (TPSA) is 56.8 Å². The van der Waals surface area contributed by atoms with Crippen LogP contribution < -0.4 is 0 Å². The van der Waals surface area contributed by atoms with E-state index in [2.05, 4.69) is 42.7 Å². The molecule has 1 atom stereocenters. The number of benzene rings is 1. The lowest BCUT2D eigenvalue weighted by molar-refractivity contribution is -0.141. The van der Waals surface area contributed by atoms with Crippen molar-refractivity contribution in [1.29, 1.82) is 0 Å². The number of carbonyl (C=O) groups is 2. The Morgan fingerprint density at radius 1 is 0.973 bits per heavy atom. The second-order valence-corrected chi connectivity index (χ2v) is 12.3. The molecule has 0 bridgehead atoms. The maximum Gasteiger partial charge on any atom is 0.223 e. The fourth-order valence-electron chi connectivity index (χ4n) is 5.43. The standard InChI is InChI=1S/C29H38Cl2N4O2/c1-20(36)34-11-9-21(10-12-34)15-28(37)35-14-13-33(19-27(35)29(2,3)4)18-24-7-5-23(17-32-24)22-6-8-25(30)26(31)16-22/h5-8,16-17,21,27H,9-15,18-19H2,1-4H3. The molecule has 0 spiro atoms. The highest BCUT2D eigenvalue weighted by molar-refractivity contribution is 6.42. The predicted molar refractivity (Wildman–Crippen MR) is 150 cm³/mol. The first-order chi connectivity index (χ1) is 17.5. The molecule has 2 fully saturated rings. The Balaban J connectivity index is 1.36. The molecule has 2 aliphatic rings. The van der Waals surface area contributed by atoms with Gasteiger partial charge < -0.3 is 9.80 Å². The summed E-state index contributed by atoms with van der Waals surface area (Å²) in [6.45, 7) is 12.9. The quantitative estimate of drug-likeness (QED) is 0.479. The largest absolute Gasteiger partial charge is 0.343 e. The second-order valence-electron chi connectivity index (χ2n) is 11.5. The molecule has 8 heteroatoms. The summed E-state index contributed by atoms with van der Waals surface area (Å²) in [6.07, 6.45) is 4.29. The molecule has 2 amide bonds. The summed E-state index contributed by atoms with van der Waals surface area (Å²) in [7, 11) is 0. The summed E-state index contributed by atoms with van der Waals surface area (Å²) in [4.78, 5) is 36.2. The monoisotopic (exact) mass is 544 g/mol. The number of hydrogen-bond acceptors (Lipinski definition) is 4. The molecule has 2 saturated heterocycles. The molecule has 6 nitrogen and oxygen atoms in total. The van der Waals surface area contributed by atoms with Crippen molar-refractivity contribution in [2.75, 3.05) is 32.7 Å². The van der Waals surface area contributed by atoms with Gasteiger partial charge in [0.05, 0.1) is 15.7 Å². The summed E-state index contributed by atoms with van der Waals surface area (Å²) in [6, 6.07) is 9.88. The minimum Gasteiger partial charge on any atom is -0.343 e. The number of aromatic nitrogens is 1. The van der Waals surface area contributed by atoms with Crippen molar-refractivity contribution in [2.45, 2.75) is 59.5 Å².